The Morgan fingerprint density at radius 3 is 3.20 bits per heavy atom. The van der Waals surface area contributed by atoms with E-state index in [2.05, 4.69) is 26.0 Å². The van der Waals surface area contributed by atoms with Crippen molar-refractivity contribution >= 4 is 5.95 Å². The fourth-order valence-electron chi connectivity index (χ4n) is 2.07. The first kappa shape index (κ1) is 8.52. The van der Waals surface area contributed by atoms with Crippen molar-refractivity contribution in [3.63, 3.8) is 0 Å². The number of fused-ring (bicyclic) bond motifs is 1. The molecule has 0 bridgehead atoms. The van der Waals surface area contributed by atoms with Gasteiger partial charge in [-0.25, -0.2) is 4.98 Å². The van der Waals surface area contributed by atoms with Crippen LogP contribution in [0.4, 0.5) is 5.95 Å². The van der Waals surface area contributed by atoms with Gasteiger partial charge in [0.15, 0.2) is 0 Å². The Bertz CT molecular complexity index is 470. The predicted octanol–water partition coefficient (Wildman–Crippen LogP) is 1.17. The maximum atomic E-state index is 4.27. The van der Waals surface area contributed by atoms with Gasteiger partial charge in [-0.3, -0.25) is 4.68 Å². The van der Waals surface area contributed by atoms with E-state index in [9.17, 15) is 0 Å². The summed E-state index contributed by atoms with van der Waals surface area (Å²) in [5.41, 5.74) is 1.21. The van der Waals surface area contributed by atoms with Gasteiger partial charge in [0.2, 0.25) is 5.95 Å². The summed E-state index contributed by atoms with van der Waals surface area (Å²) < 4.78 is 4.04. The zero-order chi connectivity index (χ0) is 10.3. The Morgan fingerprint density at radius 2 is 2.40 bits per heavy atom. The Balaban J connectivity index is 1.90. The minimum Gasteiger partial charge on any atom is -0.347 e. The quantitative estimate of drug-likeness (QED) is 0.757. The zero-order valence-electron chi connectivity index (χ0n) is 8.59. The highest BCUT2D eigenvalue weighted by atomic mass is 15.3. The largest absolute Gasteiger partial charge is 0.347 e. The van der Waals surface area contributed by atoms with Crippen molar-refractivity contribution < 1.29 is 0 Å². The molecule has 0 aliphatic carbocycles. The van der Waals surface area contributed by atoms with Crippen LogP contribution in [0.3, 0.4) is 0 Å². The third kappa shape index (κ3) is 1.31. The normalized spacial score (nSPS) is 19.7. The maximum Gasteiger partial charge on any atom is 0.203 e. The Hall–Kier alpha value is -1.78. The van der Waals surface area contributed by atoms with Crippen LogP contribution in [0.25, 0.3) is 0 Å². The van der Waals surface area contributed by atoms with Crippen LogP contribution in [0.15, 0.2) is 24.7 Å². The molecular weight excluding hydrogens is 190 g/mol. The van der Waals surface area contributed by atoms with E-state index in [0.29, 0.717) is 6.04 Å². The molecule has 0 amide bonds. The van der Waals surface area contributed by atoms with E-state index in [0.717, 1.165) is 18.9 Å². The van der Waals surface area contributed by atoms with Crippen LogP contribution in [-0.4, -0.2) is 19.3 Å². The van der Waals surface area contributed by atoms with Gasteiger partial charge in [-0.1, -0.05) is 0 Å². The predicted molar refractivity (Wildman–Crippen MR) is 56.4 cm³/mol. The summed E-state index contributed by atoms with van der Waals surface area (Å²) in [6.07, 6.45) is 6.73. The molecule has 0 fully saturated rings. The molecule has 0 saturated carbocycles. The molecule has 1 atom stereocenters. The number of hydrogen-bond acceptors (Lipinski definition) is 3. The third-order valence-electron chi connectivity index (χ3n) is 2.89. The molecule has 0 spiro atoms. The summed E-state index contributed by atoms with van der Waals surface area (Å²) in [7, 11) is 1.97. The number of nitrogens with one attached hydrogen (secondary N) is 1. The molecule has 3 rings (SSSR count). The minimum atomic E-state index is 0.326. The fraction of sp³-hybridized carbons (Fsp3) is 0.400. The van der Waals surface area contributed by atoms with E-state index in [1.165, 1.54) is 5.69 Å². The van der Waals surface area contributed by atoms with Crippen LogP contribution < -0.4 is 5.32 Å². The molecule has 2 aromatic rings. The molecule has 0 saturated heterocycles. The van der Waals surface area contributed by atoms with Gasteiger partial charge >= 0.3 is 0 Å². The molecule has 15 heavy (non-hydrogen) atoms. The third-order valence-corrected chi connectivity index (χ3v) is 2.89. The lowest BCUT2D eigenvalue weighted by Gasteiger charge is -2.25. The van der Waals surface area contributed by atoms with E-state index >= 15 is 0 Å². The zero-order valence-corrected chi connectivity index (χ0v) is 8.59. The maximum absolute atomic E-state index is 4.27. The lowest BCUT2D eigenvalue weighted by molar-refractivity contribution is 0.515. The number of anilines is 1. The molecule has 1 aliphatic rings. The number of imidazole rings is 1. The smallest absolute Gasteiger partial charge is 0.203 e. The topological polar surface area (TPSA) is 47.7 Å². The van der Waals surface area contributed by atoms with Crippen molar-refractivity contribution in [3.05, 3.63) is 30.4 Å². The summed E-state index contributed by atoms with van der Waals surface area (Å²) in [5, 5.41) is 7.60. The van der Waals surface area contributed by atoms with Gasteiger partial charge in [-0.2, -0.15) is 5.10 Å². The summed E-state index contributed by atoms with van der Waals surface area (Å²) in [5.74, 6) is 0.951. The van der Waals surface area contributed by atoms with Crippen LogP contribution in [0.2, 0.25) is 0 Å². The van der Waals surface area contributed by atoms with Crippen molar-refractivity contribution in [2.75, 3.05) is 5.32 Å². The molecular formula is C10H13N5. The van der Waals surface area contributed by atoms with Gasteiger partial charge in [-0.05, 0) is 12.5 Å². The van der Waals surface area contributed by atoms with E-state index < -0.39 is 0 Å². The van der Waals surface area contributed by atoms with Crippen LogP contribution in [0.1, 0.15) is 18.2 Å². The Morgan fingerprint density at radius 1 is 1.47 bits per heavy atom. The monoisotopic (exact) mass is 203 g/mol. The molecule has 3 heterocycles. The second-order valence-corrected chi connectivity index (χ2v) is 3.81. The summed E-state index contributed by atoms with van der Waals surface area (Å²) >= 11 is 0. The molecule has 5 heteroatoms. The number of rotatable bonds is 1. The average molecular weight is 203 g/mol. The van der Waals surface area contributed by atoms with Gasteiger partial charge < -0.3 is 9.88 Å². The molecule has 1 N–H and O–H groups in total. The van der Waals surface area contributed by atoms with Crippen molar-refractivity contribution in [3.8, 4) is 0 Å². The Labute approximate surface area is 87.7 Å². The van der Waals surface area contributed by atoms with Crippen molar-refractivity contribution in [2.24, 2.45) is 7.05 Å². The first-order valence-corrected chi connectivity index (χ1v) is 5.10. The number of hydrogen-bond donors (Lipinski definition) is 1. The number of aromatic nitrogens is 4. The number of nitrogens with zero attached hydrogens (tertiary/aromatic N) is 4. The van der Waals surface area contributed by atoms with Gasteiger partial charge in [0.25, 0.3) is 0 Å². The summed E-state index contributed by atoms with van der Waals surface area (Å²) in [4.78, 5) is 4.27. The average Bonchev–Trinajstić information content (AvgIpc) is 2.84. The number of aryl methyl sites for hydroxylation is 2. The molecule has 0 radical (unpaired) electrons. The van der Waals surface area contributed by atoms with E-state index in [1.807, 2.05) is 30.3 Å². The van der Waals surface area contributed by atoms with Gasteiger partial charge in [0.05, 0.1) is 11.7 Å². The van der Waals surface area contributed by atoms with Crippen molar-refractivity contribution in [2.45, 2.75) is 19.0 Å². The summed E-state index contributed by atoms with van der Waals surface area (Å²) in [6, 6.07) is 2.38. The minimum absolute atomic E-state index is 0.326. The fourth-order valence-corrected chi connectivity index (χ4v) is 2.07. The van der Waals surface area contributed by atoms with Crippen molar-refractivity contribution in [1.82, 2.24) is 19.3 Å². The molecule has 0 aromatic carbocycles. The Kier molecular flexibility index (Phi) is 1.77. The lowest BCUT2D eigenvalue weighted by Crippen LogP contribution is -2.23. The van der Waals surface area contributed by atoms with E-state index in [-0.39, 0.29) is 0 Å². The van der Waals surface area contributed by atoms with Gasteiger partial charge in [0, 0.05) is 32.2 Å². The second kappa shape index (κ2) is 3.12. The first-order valence-electron chi connectivity index (χ1n) is 5.10. The SMILES string of the molecule is Cn1nccc1C1CCn2ccnc2N1. The van der Waals surface area contributed by atoms with Crippen LogP contribution in [0.5, 0.6) is 0 Å². The van der Waals surface area contributed by atoms with Crippen LogP contribution in [-0.2, 0) is 13.6 Å². The molecule has 78 valence electrons. The second-order valence-electron chi connectivity index (χ2n) is 3.81. The molecule has 1 unspecified atom stereocenters. The highest BCUT2D eigenvalue weighted by Crippen LogP contribution is 2.26. The standard InChI is InChI=1S/C10H13N5/c1-14-9(2-4-12-14)8-3-6-15-7-5-11-10(15)13-8/h2,4-5,7-8H,3,6H2,1H3,(H,11,13). The van der Waals surface area contributed by atoms with E-state index in [4.69, 9.17) is 0 Å². The lowest BCUT2D eigenvalue weighted by atomic mass is 10.1. The first-order chi connectivity index (χ1) is 7.34. The van der Waals surface area contributed by atoms with Gasteiger partial charge in [0.1, 0.15) is 0 Å². The van der Waals surface area contributed by atoms with E-state index in [1.54, 1.807) is 0 Å². The highest BCUT2D eigenvalue weighted by Gasteiger charge is 2.21. The summed E-state index contributed by atoms with van der Waals surface area (Å²) in [6.45, 7) is 1.01. The van der Waals surface area contributed by atoms with Crippen molar-refractivity contribution in [1.29, 1.82) is 0 Å². The molecule has 2 aromatic heterocycles. The van der Waals surface area contributed by atoms with Gasteiger partial charge in [-0.15, -0.1) is 0 Å². The molecule has 1 aliphatic heterocycles. The van der Waals surface area contributed by atoms with Crippen LogP contribution in [0, 0.1) is 0 Å². The molecule has 5 nitrogen and oxygen atoms in total. The highest BCUT2D eigenvalue weighted by molar-refractivity contribution is 5.32. The van der Waals surface area contributed by atoms with Crippen LogP contribution >= 0.6 is 0 Å².